The van der Waals surface area contributed by atoms with Crippen LogP contribution in [0.2, 0.25) is 0 Å². The average Bonchev–Trinajstić information content (AvgIpc) is 2.93. The van der Waals surface area contributed by atoms with Crippen molar-refractivity contribution in [2.75, 3.05) is 86.7 Å². The van der Waals surface area contributed by atoms with Gasteiger partial charge in [0.05, 0.1) is 65.6 Å². The van der Waals surface area contributed by atoms with Gasteiger partial charge in [-0.2, -0.15) is 0 Å². The van der Waals surface area contributed by atoms with E-state index in [2.05, 4.69) is 50.2 Å². The van der Waals surface area contributed by atoms with Gasteiger partial charge in [-0.05, 0) is 59.0 Å². The molecule has 232 valence electrons. The molecule has 0 bridgehead atoms. The largest absolute Gasteiger partial charge is 0.394 e. The Morgan fingerprint density at radius 3 is 1.74 bits per heavy atom. The van der Waals surface area contributed by atoms with Crippen molar-refractivity contribution in [3.05, 3.63) is 24.3 Å². The number of ether oxygens (including phenoxy) is 5. The molecule has 0 heterocycles. The fourth-order valence-corrected chi connectivity index (χ4v) is 3.90. The van der Waals surface area contributed by atoms with Gasteiger partial charge in [0.2, 0.25) is 0 Å². The van der Waals surface area contributed by atoms with E-state index < -0.39 is 0 Å². The van der Waals surface area contributed by atoms with Crippen molar-refractivity contribution in [1.82, 2.24) is 4.90 Å². The molecule has 0 aromatic heterocycles. The summed E-state index contributed by atoms with van der Waals surface area (Å²) in [7, 11) is 4.18. The topological polar surface area (TPSA) is 69.6 Å². The number of nitrogens with zero attached hydrogens (tertiary/aromatic N) is 1. The van der Waals surface area contributed by atoms with Gasteiger partial charge in [0, 0.05) is 13.2 Å². The first-order valence-corrected chi connectivity index (χ1v) is 15.7. The van der Waals surface area contributed by atoms with Gasteiger partial charge in [0.25, 0.3) is 0 Å². The molecule has 7 heteroatoms. The Morgan fingerprint density at radius 2 is 1.15 bits per heavy atom. The zero-order valence-electron chi connectivity index (χ0n) is 25.8. The minimum absolute atomic E-state index is 0.0423. The number of aliphatic hydroxyl groups is 1. The van der Waals surface area contributed by atoms with Gasteiger partial charge in [-0.25, -0.2) is 0 Å². The van der Waals surface area contributed by atoms with Crippen LogP contribution in [0.5, 0.6) is 0 Å². The number of hydrogen-bond acceptors (Lipinski definition) is 7. The maximum absolute atomic E-state index is 8.63. The summed E-state index contributed by atoms with van der Waals surface area (Å²) in [4.78, 5) is 2.19. The highest BCUT2D eigenvalue weighted by atomic mass is 16.6. The molecule has 0 radical (unpaired) electrons. The Morgan fingerprint density at radius 1 is 0.615 bits per heavy atom. The Balaban J connectivity index is 3.63. The lowest BCUT2D eigenvalue weighted by molar-refractivity contribution is -0.0431. The second-order valence-corrected chi connectivity index (χ2v) is 10.3. The lowest BCUT2D eigenvalue weighted by Gasteiger charge is -2.20. The van der Waals surface area contributed by atoms with Crippen molar-refractivity contribution in [2.45, 2.75) is 96.5 Å². The molecule has 0 aliphatic carbocycles. The Hall–Kier alpha value is -0.800. The van der Waals surface area contributed by atoms with Gasteiger partial charge in [0.15, 0.2) is 0 Å². The first-order chi connectivity index (χ1) is 19.2. The molecule has 0 aromatic rings. The van der Waals surface area contributed by atoms with Crippen LogP contribution >= 0.6 is 0 Å². The Bertz CT molecular complexity index is 515. The van der Waals surface area contributed by atoms with Crippen LogP contribution in [0.25, 0.3) is 0 Å². The summed E-state index contributed by atoms with van der Waals surface area (Å²) >= 11 is 0. The molecule has 0 saturated carbocycles. The van der Waals surface area contributed by atoms with E-state index in [1.54, 1.807) is 0 Å². The van der Waals surface area contributed by atoms with Crippen LogP contribution in [0.1, 0.15) is 90.4 Å². The minimum atomic E-state index is 0.0423. The quantitative estimate of drug-likeness (QED) is 0.0781. The molecule has 0 amide bonds. The summed E-state index contributed by atoms with van der Waals surface area (Å²) in [6, 6.07) is 0. The molecule has 1 N–H and O–H groups in total. The third kappa shape index (κ3) is 33.3. The number of unbranched alkanes of at least 4 members (excludes halogenated alkanes) is 9. The fourth-order valence-electron chi connectivity index (χ4n) is 3.90. The molecular weight excluding hydrogens is 494 g/mol. The highest BCUT2D eigenvalue weighted by molar-refractivity contribution is 4.92. The first-order valence-electron chi connectivity index (χ1n) is 15.7. The molecule has 1 atom stereocenters. The monoisotopic (exact) mass is 557 g/mol. The van der Waals surface area contributed by atoms with E-state index in [-0.39, 0.29) is 12.7 Å². The van der Waals surface area contributed by atoms with Crippen molar-refractivity contribution >= 4 is 0 Å². The number of hydrogen-bond donors (Lipinski definition) is 1. The van der Waals surface area contributed by atoms with Gasteiger partial charge < -0.3 is 33.7 Å². The third-order valence-corrected chi connectivity index (χ3v) is 6.25. The predicted molar refractivity (Wildman–Crippen MR) is 163 cm³/mol. The summed E-state index contributed by atoms with van der Waals surface area (Å²) in [5, 5.41) is 8.63. The summed E-state index contributed by atoms with van der Waals surface area (Å²) in [5.41, 5.74) is 0. The van der Waals surface area contributed by atoms with Crippen LogP contribution in [0, 0.1) is 0 Å². The lowest BCUT2D eigenvalue weighted by Crippen LogP contribution is -2.27. The van der Waals surface area contributed by atoms with Crippen LogP contribution in [-0.2, 0) is 23.7 Å². The zero-order valence-corrected chi connectivity index (χ0v) is 25.8. The molecule has 0 fully saturated rings. The van der Waals surface area contributed by atoms with Crippen molar-refractivity contribution in [2.24, 2.45) is 0 Å². The second kappa shape index (κ2) is 33.4. The Labute approximate surface area is 241 Å². The molecule has 39 heavy (non-hydrogen) atoms. The van der Waals surface area contributed by atoms with Crippen LogP contribution in [0.3, 0.4) is 0 Å². The summed E-state index contributed by atoms with van der Waals surface area (Å²) in [6.07, 6.45) is 25.5. The summed E-state index contributed by atoms with van der Waals surface area (Å²) < 4.78 is 28.1. The smallest absolute Gasteiger partial charge is 0.0820 e. The van der Waals surface area contributed by atoms with Crippen molar-refractivity contribution in [3.8, 4) is 0 Å². The van der Waals surface area contributed by atoms with E-state index in [1.165, 1.54) is 64.2 Å². The van der Waals surface area contributed by atoms with E-state index in [0.717, 1.165) is 32.4 Å². The lowest BCUT2D eigenvalue weighted by atomic mass is 10.1. The van der Waals surface area contributed by atoms with Crippen LogP contribution in [-0.4, -0.2) is 103 Å². The minimum Gasteiger partial charge on any atom is -0.394 e. The molecule has 0 aliphatic rings. The van der Waals surface area contributed by atoms with E-state index in [0.29, 0.717) is 52.9 Å². The van der Waals surface area contributed by atoms with Crippen molar-refractivity contribution in [3.63, 3.8) is 0 Å². The normalized spacial score (nSPS) is 12.9. The fraction of sp³-hybridized carbons (Fsp3) is 0.875. The third-order valence-electron chi connectivity index (χ3n) is 6.25. The van der Waals surface area contributed by atoms with Gasteiger partial charge >= 0.3 is 0 Å². The average molecular weight is 558 g/mol. The molecule has 0 aliphatic heterocycles. The van der Waals surface area contributed by atoms with Gasteiger partial charge in [-0.15, -0.1) is 0 Å². The number of rotatable bonds is 32. The summed E-state index contributed by atoms with van der Waals surface area (Å²) in [6.45, 7) is 8.26. The maximum atomic E-state index is 8.63. The second-order valence-electron chi connectivity index (χ2n) is 10.3. The van der Waals surface area contributed by atoms with E-state index in [9.17, 15) is 0 Å². The highest BCUT2D eigenvalue weighted by Gasteiger charge is 2.10. The standard InChI is InChI=1S/C32H63NO6/c1-4-5-6-7-8-9-10-11-12-13-14-15-16-17-18-19-23-39-32(20-21-33(2)3)31-38-30-29-37-28-27-36-26-25-35-24-22-34/h8-9,11-12,32,34H,4-7,10,13-31H2,1-3H3/b9-8-,12-11-. The first kappa shape index (κ1) is 38.2. The van der Waals surface area contributed by atoms with Crippen LogP contribution in [0.4, 0.5) is 0 Å². The van der Waals surface area contributed by atoms with Crippen LogP contribution < -0.4 is 0 Å². The van der Waals surface area contributed by atoms with Gasteiger partial charge in [0.1, 0.15) is 0 Å². The molecule has 0 rings (SSSR count). The van der Waals surface area contributed by atoms with E-state index in [1.807, 2.05) is 0 Å². The SMILES string of the molecule is CCCCC/C=C\C/C=C\CCCCCCCCOC(CCN(C)C)COCCOCCOCCOCCO. The Kier molecular flexibility index (Phi) is 32.7. The summed E-state index contributed by atoms with van der Waals surface area (Å²) in [5.74, 6) is 0. The zero-order chi connectivity index (χ0) is 28.5. The van der Waals surface area contributed by atoms with Crippen LogP contribution in [0.15, 0.2) is 24.3 Å². The van der Waals surface area contributed by atoms with E-state index >= 15 is 0 Å². The number of aliphatic hydroxyl groups excluding tert-OH is 1. The predicted octanol–water partition coefficient (Wildman–Crippen LogP) is 6.20. The molecule has 0 aromatic carbocycles. The molecule has 7 nitrogen and oxygen atoms in total. The molecule has 0 saturated heterocycles. The maximum Gasteiger partial charge on any atom is 0.0820 e. The molecular formula is C32H63NO6. The van der Waals surface area contributed by atoms with Crippen molar-refractivity contribution in [1.29, 1.82) is 0 Å². The molecule has 0 spiro atoms. The van der Waals surface area contributed by atoms with Crippen molar-refractivity contribution < 1.29 is 28.8 Å². The van der Waals surface area contributed by atoms with Gasteiger partial charge in [-0.3, -0.25) is 0 Å². The highest BCUT2D eigenvalue weighted by Crippen LogP contribution is 2.10. The number of allylic oxidation sites excluding steroid dienone is 4. The van der Waals surface area contributed by atoms with Gasteiger partial charge in [-0.1, -0.05) is 69.8 Å². The van der Waals surface area contributed by atoms with E-state index in [4.69, 9.17) is 28.8 Å². The molecule has 1 unspecified atom stereocenters.